The van der Waals surface area contributed by atoms with Gasteiger partial charge in [0.1, 0.15) is 11.6 Å². The lowest BCUT2D eigenvalue weighted by atomic mass is 9.93. The number of halogens is 1. The molecule has 0 bridgehead atoms. The molecule has 0 aliphatic carbocycles. The van der Waals surface area contributed by atoms with Gasteiger partial charge < -0.3 is 4.74 Å². The van der Waals surface area contributed by atoms with E-state index >= 15 is 0 Å². The van der Waals surface area contributed by atoms with Crippen molar-refractivity contribution in [3.05, 3.63) is 72.4 Å². The van der Waals surface area contributed by atoms with Crippen LogP contribution >= 0.6 is 0 Å². The zero-order valence-electron chi connectivity index (χ0n) is 9.69. The van der Waals surface area contributed by atoms with E-state index in [-0.39, 0.29) is 11.7 Å². The van der Waals surface area contributed by atoms with Gasteiger partial charge >= 0.3 is 0 Å². The van der Waals surface area contributed by atoms with Crippen molar-refractivity contribution in [3.8, 4) is 5.75 Å². The van der Waals surface area contributed by atoms with Crippen LogP contribution in [0.15, 0.2) is 48.5 Å². The Bertz CT molecular complexity index is 491. The normalized spacial score (nSPS) is 12.2. The van der Waals surface area contributed by atoms with Crippen LogP contribution in [0.1, 0.15) is 17.0 Å². The van der Waals surface area contributed by atoms with Gasteiger partial charge in [-0.05, 0) is 42.3 Å². The van der Waals surface area contributed by atoms with Crippen LogP contribution < -0.4 is 4.74 Å². The molecule has 2 aromatic carbocycles. The summed E-state index contributed by atoms with van der Waals surface area (Å²) in [7, 11) is 1.63. The van der Waals surface area contributed by atoms with Gasteiger partial charge in [0.2, 0.25) is 0 Å². The van der Waals surface area contributed by atoms with Gasteiger partial charge in [-0.1, -0.05) is 24.3 Å². The first-order valence-corrected chi connectivity index (χ1v) is 5.43. The van der Waals surface area contributed by atoms with Crippen LogP contribution in [-0.4, -0.2) is 7.11 Å². The van der Waals surface area contributed by atoms with E-state index in [0.29, 0.717) is 0 Å². The van der Waals surface area contributed by atoms with Crippen molar-refractivity contribution in [2.24, 2.45) is 0 Å². The molecule has 87 valence electrons. The fourth-order valence-corrected chi connectivity index (χ4v) is 1.75. The summed E-state index contributed by atoms with van der Waals surface area (Å²) in [6, 6.07) is 14.2. The third-order valence-corrected chi connectivity index (χ3v) is 2.77. The molecule has 1 radical (unpaired) electrons. The maximum absolute atomic E-state index is 12.8. The third kappa shape index (κ3) is 2.64. The monoisotopic (exact) mass is 229 g/mol. The molecule has 0 amide bonds. The summed E-state index contributed by atoms with van der Waals surface area (Å²) >= 11 is 0. The largest absolute Gasteiger partial charge is 0.497 e. The fraction of sp³-hybridized carbons (Fsp3) is 0.133. The molecule has 0 saturated carbocycles. The van der Waals surface area contributed by atoms with E-state index in [2.05, 4.69) is 6.92 Å². The highest BCUT2D eigenvalue weighted by Gasteiger charge is 2.09. The molecule has 1 atom stereocenters. The zero-order chi connectivity index (χ0) is 12.3. The quantitative estimate of drug-likeness (QED) is 0.777. The molecule has 0 spiro atoms. The predicted octanol–water partition coefficient (Wildman–Crippen LogP) is 3.80. The lowest BCUT2D eigenvalue weighted by Gasteiger charge is -2.13. The second-order valence-corrected chi connectivity index (χ2v) is 3.88. The topological polar surface area (TPSA) is 9.23 Å². The van der Waals surface area contributed by atoms with E-state index < -0.39 is 0 Å². The SMILES string of the molecule is [CH2]C(c1ccc(F)cc1)c1cccc(OC)c1. The lowest BCUT2D eigenvalue weighted by Crippen LogP contribution is -1.97. The smallest absolute Gasteiger partial charge is 0.123 e. The van der Waals surface area contributed by atoms with E-state index in [9.17, 15) is 4.39 Å². The second-order valence-electron chi connectivity index (χ2n) is 3.88. The van der Waals surface area contributed by atoms with Crippen molar-refractivity contribution in [3.63, 3.8) is 0 Å². The Balaban J connectivity index is 2.29. The first-order chi connectivity index (χ1) is 8.20. The highest BCUT2D eigenvalue weighted by molar-refractivity contribution is 5.38. The van der Waals surface area contributed by atoms with Gasteiger partial charge in [-0.3, -0.25) is 0 Å². The molecular formula is C15H14FO. The van der Waals surface area contributed by atoms with Crippen LogP contribution in [-0.2, 0) is 0 Å². The summed E-state index contributed by atoms with van der Waals surface area (Å²) in [5.74, 6) is 0.551. The van der Waals surface area contributed by atoms with Crippen LogP contribution in [0.4, 0.5) is 4.39 Å². The summed E-state index contributed by atoms with van der Waals surface area (Å²) in [4.78, 5) is 0. The van der Waals surface area contributed by atoms with Crippen LogP contribution in [0.5, 0.6) is 5.75 Å². The minimum Gasteiger partial charge on any atom is -0.497 e. The molecule has 0 fully saturated rings. The molecule has 2 rings (SSSR count). The van der Waals surface area contributed by atoms with Crippen molar-refractivity contribution in [1.82, 2.24) is 0 Å². The molecule has 1 unspecified atom stereocenters. The molecule has 0 N–H and O–H groups in total. The highest BCUT2D eigenvalue weighted by atomic mass is 19.1. The molecule has 0 aliphatic heterocycles. The van der Waals surface area contributed by atoms with Crippen LogP contribution in [0, 0.1) is 12.7 Å². The number of benzene rings is 2. The molecule has 0 aromatic heterocycles. The molecule has 17 heavy (non-hydrogen) atoms. The minimum atomic E-state index is -0.230. The van der Waals surface area contributed by atoms with Gasteiger partial charge in [0, 0.05) is 5.92 Å². The zero-order valence-corrected chi connectivity index (χ0v) is 9.69. The Morgan fingerprint density at radius 1 is 1.06 bits per heavy atom. The molecule has 2 aromatic rings. The summed E-state index contributed by atoms with van der Waals surface area (Å²) in [6.07, 6.45) is 0. The van der Waals surface area contributed by atoms with E-state index in [4.69, 9.17) is 4.74 Å². The van der Waals surface area contributed by atoms with Crippen LogP contribution in [0.3, 0.4) is 0 Å². The van der Waals surface area contributed by atoms with Crippen molar-refractivity contribution in [2.45, 2.75) is 5.92 Å². The van der Waals surface area contributed by atoms with E-state index in [1.165, 1.54) is 12.1 Å². The first kappa shape index (κ1) is 11.6. The van der Waals surface area contributed by atoms with E-state index in [0.717, 1.165) is 16.9 Å². The maximum atomic E-state index is 12.8. The van der Waals surface area contributed by atoms with Gasteiger partial charge in [-0.2, -0.15) is 0 Å². The van der Waals surface area contributed by atoms with Crippen molar-refractivity contribution >= 4 is 0 Å². The summed E-state index contributed by atoms with van der Waals surface area (Å²) in [6.45, 7) is 4.11. The molecule has 0 saturated heterocycles. The predicted molar refractivity (Wildman–Crippen MR) is 66.6 cm³/mol. The fourth-order valence-electron chi connectivity index (χ4n) is 1.75. The maximum Gasteiger partial charge on any atom is 0.123 e. The number of hydrogen-bond acceptors (Lipinski definition) is 1. The minimum absolute atomic E-state index is 0.0225. The van der Waals surface area contributed by atoms with Crippen molar-refractivity contribution < 1.29 is 9.13 Å². The molecule has 0 heterocycles. The Hall–Kier alpha value is -1.83. The molecular weight excluding hydrogens is 215 g/mol. The molecule has 2 heteroatoms. The Morgan fingerprint density at radius 3 is 2.41 bits per heavy atom. The average molecular weight is 229 g/mol. The number of methoxy groups -OCH3 is 1. The molecule has 0 aliphatic rings. The first-order valence-electron chi connectivity index (χ1n) is 5.43. The lowest BCUT2D eigenvalue weighted by molar-refractivity contribution is 0.414. The number of ether oxygens (including phenoxy) is 1. The van der Waals surface area contributed by atoms with E-state index in [1.54, 1.807) is 19.2 Å². The van der Waals surface area contributed by atoms with Gasteiger partial charge in [0.05, 0.1) is 7.11 Å². The Kier molecular flexibility index (Phi) is 3.43. The highest BCUT2D eigenvalue weighted by Crippen LogP contribution is 2.26. The van der Waals surface area contributed by atoms with Crippen LogP contribution in [0.2, 0.25) is 0 Å². The van der Waals surface area contributed by atoms with Crippen molar-refractivity contribution in [2.75, 3.05) is 7.11 Å². The summed E-state index contributed by atoms with van der Waals surface area (Å²) in [5, 5.41) is 0. The summed E-state index contributed by atoms with van der Waals surface area (Å²) < 4.78 is 18.0. The summed E-state index contributed by atoms with van der Waals surface area (Å²) in [5.41, 5.74) is 2.04. The van der Waals surface area contributed by atoms with Gasteiger partial charge in [0.25, 0.3) is 0 Å². The van der Waals surface area contributed by atoms with Gasteiger partial charge in [-0.15, -0.1) is 0 Å². The third-order valence-electron chi connectivity index (χ3n) is 2.77. The molecule has 1 nitrogen and oxygen atoms in total. The standard InChI is InChI=1S/C15H14FO/c1-11(12-6-8-14(16)9-7-12)13-4-3-5-15(10-13)17-2/h3-11H,1H2,2H3. The second kappa shape index (κ2) is 5.00. The van der Waals surface area contributed by atoms with Gasteiger partial charge in [0.15, 0.2) is 0 Å². The number of rotatable bonds is 3. The Labute approximate surface area is 101 Å². The van der Waals surface area contributed by atoms with Gasteiger partial charge in [-0.25, -0.2) is 4.39 Å². The number of hydrogen-bond donors (Lipinski definition) is 0. The van der Waals surface area contributed by atoms with E-state index in [1.807, 2.05) is 24.3 Å². The average Bonchev–Trinajstić information content (AvgIpc) is 2.39. The van der Waals surface area contributed by atoms with Crippen LogP contribution in [0.25, 0.3) is 0 Å². The Morgan fingerprint density at radius 2 is 1.76 bits per heavy atom. The van der Waals surface area contributed by atoms with Crippen molar-refractivity contribution in [1.29, 1.82) is 0 Å².